The summed E-state index contributed by atoms with van der Waals surface area (Å²) in [7, 11) is -2.26. The van der Waals surface area contributed by atoms with Gasteiger partial charge in [0.2, 0.25) is 10.0 Å². The van der Waals surface area contributed by atoms with E-state index in [1.165, 1.54) is 46.4 Å². The summed E-state index contributed by atoms with van der Waals surface area (Å²) in [6.45, 7) is 1.17. The second-order valence-electron chi connectivity index (χ2n) is 7.98. The van der Waals surface area contributed by atoms with Crippen LogP contribution in [0.15, 0.2) is 70.4 Å². The van der Waals surface area contributed by atoms with E-state index in [1.807, 2.05) is 30.3 Å². The molecule has 178 valence electrons. The van der Waals surface area contributed by atoms with Crippen LogP contribution < -0.4 is 15.6 Å². The first kappa shape index (κ1) is 23.7. The highest BCUT2D eigenvalue weighted by Gasteiger charge is 2.27. The van der Waals surface area contributed by atoms with Crippen molar-refractivity contribution in [3.63, 3.8) is 0 Å². The first-order valence-corrected chi connectivity index (χ1v) is 12.4. The third kappa shape index (κ3) is 5.18. The number of hydrogen-bond donors (Lipinski definition) is 1. The van der Waals surface area contributed by atoms with E-state index < -0.39 is 15.9 Å². The van der Waals surface area contributed by atoms with E-state index in [-0.39, 0.29) is 28.4 Å². The van der Waals surface area contributed by atoms with Crippen LogP contribution in [-0.2, 0) is 16.6 Å². The molecule has 4 rings (SSSR count). The average molecular weight is 483 g/mol. The molecule has 0 atom stereocenters. The number of rotatable bonds is 7. The lowest BCUT2D eigenvalue weighted by molar-refractivity contribution is 0.101. The van der Waals surface area contributed by atoms with E-state index in [2.05, 4.69) is 10.4 Å². The van der Waals surface area contributed by atoms with Crippen LogP contribution in [0.4, 0.5) is 5.69 Å². The summed E-state index contributed by atoms with van der Waals surface area (Å²) in [5.41, 5.74) is 0.745. The topological polar surface area (TPSA) is 111 Å². The fraction of sp³-hybridized carbons (Fsp3) is 0.292. The fourth-order valence-corrected chi connectivity index (χ4v) is 5.37. The predicted octanol–water partition coefficient (Wildman–Crippen LogP) is 2.73. The van der Waals surface area contributed by atoms with Crippen molar-refractivity contribution < 1.29 is 17.9 Å². The van der Waals surface area contributed by atoms with Crippen molar-refractivity contribution in [2.45, 2.75) is 30.7 Å². The highest BCUT2D eigenvalue weighted by molar-refractivity contribution is 7.89. The molecular weight excluding hydrogens is 456 g/mol. The van der Waals surface area contributed by atoms with Gasteiger partial charge in [0, 0.05) is 19.2 Å². The Hall–Kier alpha value is -3.50. The van der Waals surface area contributed by atoms with Gasteiger partial charge < -0.3 is 10.1 Å². The molecule has 0 saturated carbocycles. The van der Waals surface area contributed by atoms with E-state index in [0.29, 0.717) is 18.8 Å². The standard InChI is InChI=1S/C24H26N4O5S/c1-33-22-12-10-19(34(31,32)27-14-6-3-7-15-27)16-21(22)25-24(30)20-11-13-23(29)28(26-20)17-18-8-4-2-5-9-18/h2,4-5,8-13,16H,3,6-7,14-15,17H2,1H3,(H,25,30). The fourth-order valence-electron chi connectivity index (χ4n) is 3.83. The second-order valence-corrected chi connectivity index (χ2v) is 9.92. The van der Waals surface area contributed by atoms with Gasteiger partial charge in [0.15, 0.2) is 0 Å². The maximum absolute atomic E-state index is 13.1. The lowest BCUT2D eigenvalue weighted by Gasteiger charge is -2.26. The maximum Gasteiger partial charge on any atom is 0.276 e. The molecule has 0 unspecified atom stereocenters. The molecule has 0 bridgehead atoms. The molecule has 10 heteroatoms. The molecule has 0 spiro atoms. The molecule has 2 aromatic carbocycles. The van der Waals surface area contributed by atoms with Crippen molar-refractivity contribution in [1.29, 1.82) is 0 Å². The zero-order valence-electron chi connectivity index (χ0n) is 18.8. The summed E-state index contributed by atoms with van der Waals surface area (Å²) in [5.74, 6) is -0.281. The molecule has 1 saturated heterocycles. The summed E-state index contributed by atoms with van der Waals surface area (Å²) in [4.78, 5) is 25.3. The summed E-state index contributed by atoms with van der Waals surface area (Å²) >= 11 is 0. The monoisotopic (exact) mass is 482 g/mol. The Morgan fingerprint density at radius 1 is 1.03 bits per heavy atom. The Morgan fingerprint density at radius 2 is 1.76 bits per heavy atom. The van der Waals surface area contributed by atoms with E-state index in [4.69, 9.17) is 4.74 Å². The Bertz CT molecular complexity index is 1330. The molecule has 1 amide bonds. The van der Waals surface area contributed by atoms with Crippen LogP contribution in [0.3, 0.4) is 0 Å². The molecular formula is C24H26N4O5S. The van der Waals surface area contributed by atoms with Crippen LogP contribution in [0.5, 0.6) is 5.75 Å². The maximum atomic E-state index is 13.1. The van der Waals surface area contributed by atoms with Crippen molar-refractivity contribution in [2.24, 2.45) is 0 Å². The van der Waals surface area contributed by atoms with Gasteiger partial charge in [0.25, 0.3) is 11.5 Å². The molecule has 1 N–H and O–H groups in total. The number of hydrogen-bond acceptors (Lipinski definition) is 6. The van der Waals surface area contributed by atoms with Gasteiger partial charge >= 0.3 is 0 Å². The van der Waals surface area contributed by atoms with E-state index in [9.17, 15) is 18.0 Å². The summed E-state index contributed by atoms with van der Waals surface area (Å²) in [6.07, 6.45) is 2.65. The lowest BCUT2D eigenvalue weighted by atomic mass is 10.2. The molecule has 34 heavy (non-hydrogen) atoms. The van der Waals surface area contributed by atoms with Crippen molar-refractivity contribution in [1.82, 2.24) is 14.1 Å². The van der Waals surface area contributed by atoms with Gasteiger partial charge in [-0.05, 0) is 42.7 Å². The van der Waals surface area contributed by atoms with Gasteiger partial charge in [0.05, 0.1) is 24.2 Å². The number of benzene rings is 2. The Labute approximate surface area is 198 Å². The normalized spacial score (nSPS) is 14.5. The average Bonchev–Trinajstić information content (AvgIpc) is 2.86. The SMILES string of the molecule is COc1ccc(S(=O)(=O)N2CCCCC2)cc1NC(=O)c1ccc(=O)n(Cc2ccccc2)n1. The smallest absolute Gasteiger partial charge is 0.276 e. The van der Waals surface area contributed by atoms with Crippen LogP contribution in [0.25, 0.3) is 0 Å². The van der Waals surface area contributed by atoms with E-state index in [1.54, 1.807) is 0 Å². The van der Waals surface area contributed by atoms with Crippen LogP contribution in [0.2, 0.25) is 0 Å². The molecule has 1 fully saturated rings. The summed E-state index contributed by atoms with van der Waals surface area (Å²) in [5, 5.41) is 6.87. The van der Waals surface area contributed by atoms with Crippen molar-refractivity contribution in [2.75, 3.05) is 25.5 Å². The number of aromatic nitrogens is 2. The van der Waals surface area contributed by atoms with Crippen molar-refractivity contribution in [3.8, 4) is 5.75 Å². The zero-order chi connectivity index (χ0) is 24.1. The molecule has 1 aromatic heterocycles. The largest absolute Gasteiger partial charge is 0.495 e. The van der Waals surface area contributed by atoms with Crippen LogP contribution in [0.1, 0.15) is 35.3 Å². The number of anilines is 1. The van der Waals surface area contributed by atoms with Gasteiger partial charge in [-0.1, -0.05) is 36.8 Å². The second kappa shape index (κ2) is 10.2. The van der Waals surface area contributed by atoms with Gasteiger partial charge in [0.1, 0.15) is 11.4 Å². The first-order chi connectivity index (χ1) is 16.4. The molecule has 0 aliphatic carbocycles. The van der Waals surface area contributed by atoms with Gasteiger partial charge in [-0.3, -0.25) is 9.59 Å². The predicted molar refractivity (Wildman–Crippen MR) is 128 cm³/mol. The molecule has 1 aliphatic heterocycles. The molecule has 3 aromatic rings. The number of ether oxygens (including phenoxy) is 1. The van der Waals surface area contributed by atoms with Gasteiger partial charge in [-0.15, -0.1) is 0 Å². The number of carbonyl (C=O) groups excluding carboxylic acids is 1. The molecule has 1 aliphatic rings. The molecule has 9 nitrogen and oxygen atoms in total. The highest BCUT2D eigenvalue weighted by Crippen LogP contribution is 2.30. The number of sulfonamides is 1. The van der Waals surface area contributed by atoms with Crippen LogP contribution >= 0.6 is 0 Å². The number of nitrogens with one attached hydrogen (secondary N) is 1. The van der Waals surface area contributed by atoms with E-state index in [0.717, 1.165) is 24.8 Å². The first-order valence-electron chi connectivity index (χ1n) is 11.0. The quantitative estimate of drug-likeness (QED) is 0.554. The number of amides is 1. The number of methoxy groups -OCH3 is 1. The zero-order valence-corrected chi connectivity index (χ0v) is 19.6. The number of piperidine rings is 1. The third-order valence-corrected chi connectivity index (χ3v) is 7.54. The summed E-state index contributed by atoms with van der Waals surface area (Å²) in [6, 6.07) is 16.3. The van der Waals surface area contributed by atoms with Crippen molar-refractivity contribution in [3.05, 3.63) is 82.3 Å². The Kier molecular flexibility index (Phi) is 7.09. The third-order valence-electron chi connectivity index (χ3n) is 5.65. The van der Waals surface area contributed by atoms with Gasteiger partial charge in [-0.25, -0.2) is 13.1 Å². The molecule has 0 radical (unpaired) electrons. The minimum absolute atomic E-state index is 0.0156. The number of carbonyl (C=O) groups is 1. The minimum Gasteiger partial charge on any atom is -0.495 e. The Morgan fingerprint density at radius 3 is 2.47 bits per heavy atom. The van der Waals surface area contributed by atoms with Crippen LogP contribution in [-0.4, -0.2) is 48.6 Å². The van der Waals surface area contributed by atoms with Gasteiger partial charge in [-0.2, -0.15) is 9.40 Å². The van der Waals surface area contributed by atoms with Crippen LogP contribution in [0, 0.1) is 0 Å². The number of nitrogens with zero attached hydrogens (tertiary/aromatic N) is 3. The summed E-state index contributed by atoms with van der Waals surface area (Å²) < 4.78 is 34.1. The molecule has 2 heterocycles. The highest BCUT2D eigenvalue weighted by atomic mass is 32.2. The van der Waals surface area contributed by atoms with E-state index >= 15 is 0 Å². The Balaban J connectivity index is 1.59. The minimum atomic E-state index is -3.69. The van der Waals surface area contributed by atoms with Crippen molar-refractivity contribution >= 4 is 21.6 Å². The lowest BCUT2D eigenvalue weighted by Crippen LogP contribution is -2.35.